The smallest absolute Gasteiger partial charge is 0.278 e. The average Bonchev–Trinajstić information content (AvgIpc) is 2.97. The van der Waals surface area contributed by atoms with E-state index in [4.69, 9.17) is 4.74 Å². The van der Waals surface area contributed by atoms with E-state index >= 15 is 0 Å². The van der Waals surface area contributed by atoms with Crippen molar-refractivity contribution in [3.05, 3.63) is 42.2 Å². The lowest BCUT2D eigenvalue weighted by molar-refractivity contribution is 0.0977. The molecule has 122 valence electrons. The number of para-hydroxylation sites is 1. The molecule has 0 N–H and O–H groups in total. The molecule has 1 amide bonds. The van der Waals surface area contributed by atoms with Crippen LogP contribution in [0.5, 0.6) is 0 Å². The monoisotopic (exact) mass is 331 g/mol. The fourth-order valence-electron chi connectivity index (χ4n) is 2.61. The first kappa shape index (κ1) is 16.1. The molecule has 1 aliphatic rings. The van der Waals surface area contributed by atoms with Crippen LogP contribution < -0.4 is 4.90 Å². The predicted octanol–water partition coefficient (Wildman–Crippen LogP) is 2.92. The summed E-state index contributed by atoms with van der Waals surface area (Å²) < 4.78 is 6.80. The SMILES string of the molecule is COCCn1ccc(C(=O)N2CC(C)CSc3ccccc32)n1. The van der Waals surface area contributed by atoms with Crippen LogP contribution >= 0.6 is 11.8 Å². The number of hydrogen-bond donors (Lipinski definition) is 0. The highest BCUT2D eigenvalue weighted by Gasteiger charge is 2.26. The quantitative estimate of drug-likeness (QED) is 0.864. The number of aromatic nitrogens is 2. The van der Waals surface area contributed by atoms with E-state index in [-0.39, 0.29) is 5.91 Å². The number of thioether (sulfide) groups is 1. The van der Waals surface area contributed by atoms with Crippen LogP contribution in [0.2, 0.25) is 0 Å². The highest BCUT2D eigenvalue weighted by atomic mass is 32.2. The van der Waals surface area contributed by atoms with Gasteiger partial charge in [0.1, 0.15) is 0 Å². The summed E-state index contributed by atoms with van der Waals surface area (Å²) in [4.78, 5) is 16.0. The number of ether oxygens (including phenoxy) is 1. The molecular weight excluding hydrogens is 310 g/mol. The molecule has 0 radical (unpaired) electrons. The number of anilines is 1. The summed E-state index contributed by atoms with van der Waals surface area (Å²) in [6, 6.07) is 9.87. The Morgan fingerprint density at radius 2 is 2.22 bits per heavy atom. The Morgan fingerprint density at radius 3 is 3.04 bits per heavy atom. The van der Waals surface area contributed by atoms with Gasteiger partial charge in [-0.3, -0.25) is 9.48 Å². The van der Waals surface area contributed by atoms with Gasteiger partial charge in [0.25, 0.3) is 5.91 Å². The number of hydrogen-bond acceptors (Lipinski definition) is 4. The number of carbonyl (C=O) groups excluding carboxylic acids is 1. The molecule has 5 nitrogen and oxygen atoms in total. The van der Waals surface area contributed by atoms with Crippen LogP contribution in [-0.2, 0) is 11.3 Å². The van der Waals surface area contributed by atoms with Crippen LogP contribution in [-0.4, -0.2) is 41.7 Å². The third kappa shape index (κ3) is 3.59. The lowest BCUT2D eigenvalue weighted by Crippen LogP contribution is -2.35. The molecule has 1 aromatic heterocycles. The van der Waals surface area contributed by atoms with E-state index in [2.05, 4.69) is 18.1 Å². The lowest BCUT2D eigenvalue weighted by Gasteiger charge is -2.23. The Hall–Kier alpha value is -1.79. The Labute approximate surface area is 140 Å². The molecule has 1 unspecified atom stereocenters. The van der Waals surface area contributed by atoms with E-state index in [1.54, 1.807) is 17.9 Å². The molecule has 0 saturated heterocycles. The Bertz CT molecular complexity index is 686. The first-order valence-corrected chi connectivity index (χ1v) is 8.73. The molecule has 1 aromatic carbocycles. The standard InChI is InChI=1S/C17H21N3O2S/c1-13-11-20(15-5-3-4-6-16(15)23-12-13)17(21)14-7-8-19(18-14)9-10-22-2/h3-8,13H,9-12H2,1-2H3. The maximum Gasteiger partial charge on any atom is 0.278 e. The topological polar surface area (TPSA) is 47.4 Å². The number of rotatable bonds is 4. The normalized spacial score (nSPS) is 17.7. The zero-order valence-corrected chi connectivity index (χ0v) is 14.3. The maximum atomic E-state index is 13.0. The van der Waals surface area contributed by atoms with Crippen molar-refractivity contribution in [3.63, 3.8) is 0 Å². The minimum absolute atomic E-state index is 0.0389. The van der Waals surface area contributed by atoms with Crippen molar-refractivity contribution in [1.29, 1.82) is 0 Å². The second kappa shape index (κ2) is 7.19. The zero-order chi connectivity index (χ0) is 16.2. The molecule has 3 rings (SSSR count). The van der Waals surface area contributed by atoms with E-state index in [0.29, 0.717) is 31.3 Å². The number of carbonyl (C=O) groups is 1. The third-order valence-electron chi connectivity index (χ3n) is 3.80. The number of amides is 1. The number of benzene rings is 1. The van der Waals surface area contributed by atoms with Crippen molar-refractivity contribution in [2.75, 3.05) is 30.9 Å². The van der Waals surface area contributed by atoms with Crippen LogP contribution in [0.3, 0.4) is 0 Å². The molecule has 6 heteroatoms. The molecule has 0 saturated carbocycles. The lowest BCUT2D eigenvalue weighted by atomic mass is 10.1. The molecule has 1 atom stereocenters. The summed E-state index contributed by atoms with van der Waals surface area (Å²) in [6.07, 6.45) is 1.83. The van der Waals surface area contributed by atoms with Gasteiger partial charge in [0.15, 0.2) is 5.69 Å². The minimum Gasteiger partial charge on any atom is -0.383 e. The van der Waals surface area contributed by atoms with Gasteiger partial charge in [0, 0.05) is 30.5 Å². The minimum atomic E-state index is -0.0389. The van der Waals surface area contributed by atoms with Crippen LogP contribution in [0, 0.1) is 5.92 Å². The third-order valence-corrected chi connectivity index (χ3v) is 5.20. The Kier molecular flexibility index (Phi) is 5.03. The molecule has 2 heterocycles. The largest absolute Gasteiger partial charge is 0.383 e. The van der Waals surface area contributed by atoms with Gasteiger partial charge in [-0.15, -0.1) is 11.8 Å². The Balaban J connectivity index is 1.86. The Morgan fingerprint density at radius 1 is 1.39 bits per heavy atom. The number of nitrogens with zero attached hydrogens (tertiary/aromatic N) is 3. The summed E-state index contributed by atoms with van der Waals surface area (Å²) in [7, 11) is 1.66. The molecule has 0 fully saturated rings. The van der Waals surface area contributed by atoms with Crippen LogP contribution in [0.1, 0.15) is 17.4 Å². The summed E-state index contributed by atoms with van der Waals surface area (Å²) in [6.45, 7) is 4.12. The summed E-state index contributed by atoms with van der Waals surface area (Å²) in [5.41, 5.74) is 1.47. The van der Waals surface area contributed by atoms with Crippen molar-refractivity contribution < 1.29 is 9.53 Å². The van der Waals surface area contributed by atoms with E-state index in [1.165, 1.54) is 0 Å². The second-order valence-electron chi connectivity index (χ2n) is 5.76. The average molecular weight is 331 g/mol. The molecule has 23 heavy (non-hydrogen) atoms. The van der Waals surface area contributed by atoms with Gasteiger partial charge in [-0.05, 0) is 24.1 Å². The maximum absolute atomic E-state index is 13.0. The van der Waals surface area contributed by atoms with Gasteiger partial charge in [-0.1, -0.05) is 19.1 Å². The second-order valence-corrected chi connectivity index (χ2v) is 6.82. The number of fused-ring (bicyclic) bond motifs is 1. The van der Waals surface area contributed by atoms with E-state index in [9.17, 15) is 4.79 Å². The molecule has 0 bridgehead atoms. The van der Waals surface area contributed by atoms with Gasteiger partial charge >= 0.3 is 0 Å². The highest BCUT2D eigenvalue weighted by molar-refractivity contribution is 7.99. The van der Waals surface area contributed by atoms with Crippen molar-refractivity contribution >= 4 is 23.4 Å². The fraction of sp³-hybridized carbons (Fsp3) is 0.412. The molecular formula is C17H21N3O2S. The zero-order valence-electron chi connectivity index (χ0n) is 13.4. The molecule has 2 aromatic rings. The van der Waals surface area contributed by atoms with Gasteiger partial charge in [0.05, 0.1) is 18.8 Å². The van der Waals surface area contributed by atoms with Crippen LogP contribution in [0.15, 0.2) is 41.4 Å². The van der Waals surface area contributed by atoms with Gasteiger partial charge < -0.3 is 9.64 Å². The van der Waals surface area contributed by atoms with E-state index in [0.717, 1.165) is 16.3 Å². The first-order valence-electron chi connectivity index (χ1n) is 7.75. The molecule has 1 aliphatic heterocycles. The molecule has 0 aliphatic carbocycles. The summed E-state index contributed by atoms with van der Waals surface area (Å²) in [5, 5.41) is 4.39. The van der Waals surface area contributed by atoms with Crippen LogP contribution in [0.25, 0.3) is 0 Å². The van der Waals surface area contributed by atoms with Crippen LogP contribution in [0.4, 0.5) is 5.69 Å². The van der Waals surface area contributed by atoms with Crippen molar-refractivity contribution in [2.45, 2.75) is 18.4 Å². The predicted molar refractivity (Wildman–Crippen MR) is 92.1 cm³/mol. The highest BCUT2D eigenvalue weighted by Crippen LogP contribution is 2.35. The van der Waals surface area contributed by atoms with Crippen molar-refractivity contribution in [3.8, 4) is 0 Å². The summed E-state index contributed by atoms with van der Waals surface area (Å²) in [5.74, 6) is 1.41. The van der Waals surface area contributed by atoms with Crippen molar-refractivity contribution in [2.24, 2.45) is 5.92 Å². The van der Waals surface area contributed by atoms with Gasteiger partial charge in [0.2, 0.25) is 0 Å². The fourth-order valence-corrected chi connectivity index (χ4v) is 3.68. The molecule has 0 spiro atoms. The van der Waals surface area contributed by atoms with E-state index in [1.807, 2.05) is 41.1 Å². The summed E-state index contributed by atoms with van der Waals surface area (Å²) >= 11 is 1.81. The van der Waals surface area contributed by atoms with E-state index < -0.39 is 0 Å². The van der Waals surface area contributed by atoms with Crippen molar-refractivity contribution in [1.82, 2.24) is 9.78 Å². The first-order chi connectivity index (χ1) is 11.2. The number of methoxy groups -OCH3 is 1. The van der Waals surface area contributed by atoms with Gasteiger partial charge in [-0.25, -0.2) is 0 Å². The van der Waals surface area contributed by atoms with Gasteiger partial charge in [-0.2, -0.15) is 5.10 Å².